The van der Waals surface area contributed by atoms with E-state index in [9.17, 15) is 39.6 Å². The van der Waals surface area contributed by atoms with Crippen LogP contribution < -0.4 is 33.2 Å². The van der Waals surface area contributed by atoms with Crippen molar-refractivity contribution in [3.8, 4) is 11.1 Å². The number of amides is 3. The van der Waals surface area contributed by atoms with Gasteiger partial charge in [0.15, 0.2) is 28.4 Å². The number of methoxy groups -OCH3 is 1. The molecule has 0 spiro atoms. The number of guanidine groups is 1. The standard InChI is InChI=1S/C46H69ClN10O11/c1-46(2,3)68-45(66)53-24-8-6-11-32(43(65)67-4)57(25-9-22-51-26-33(59)37(62)38(63)34(60)27-58)35(61)21-16-29-14-19-31(20-15-29)30-17-12-28(13-18-30)10-5-7-23-52-44(50)56-42(64)36-40(48)55-41(49)39(47)54-36/h12-15,17-20,32-34,37-38,51,58-60,62-63H,5-11,16,21-27H2,1-4H3,(H,53,66)(H4,48,49,55)(H3,50,52,56,64)/t32-,33-,34+,37+,38+/m0/s1. The molecule has 1 heterocycles. The number of aliphatic imine (C=N–C) groups is 1. The van der Waals surface area contributed by atoms with Crippen LogP contribution in [0.5, 0.6) is 0 Å². The number of halogens is 1. The number of esters is 1. The summed E-state index contributed by atoms with van der Waals surface area (Å²) >= 11 is 5.85. The van der Waals surface area contributed by atoms with E-state index in [-0.39, 0.29) is 66.8 Å². The highest BCUT2D eigenvalue weighted by molar-refractivity contribution is 6.31. The number of aliphatic hydroxyl groups is 5. The van der Waals surface area contributed by atoms with Crippen molar-refractivity contribution in [1.82, 2.24) is 30.8 Å². The molecule has 376 valence electrons. The predicted octanol–water partition coefficient (Wildman–Crippen LogP) is 1.44. The number of alkyl carbamates (subject to hydrolysis) is 1. The zero-order valence-electron chi connectivity index (χ0n) is 39.2. The Bertz CT molecular complexity index is 2090. The average Bonchev–Trinajstić information content (AvgIpc) is 3.30. The molecule has 14 N–H and O–H groups in total. The van der Waals surface area contributed by atoms with E-state index in [1.54, 1.807) is 20.8 Å². The molecule has 0 fully saturated rings. The molecule has 0 aliphatic carbocycles. The zero-order chi connectivity index (χ0) is 50.4. The molecule has 21 nitrogen and oxygen atoms in total. The highest BCUT2D eigenvalue weighted by atomic mass is 35.5. The minimum atomic E-state index is -1.76. The number of nitrogens with zero attached hydrogens (tertiary/aromatic N) is 4. The summed E-state index contributed by atoms with van der Waals surface area (Å²) in [7, 11) is 1.26. The number of hydrogen-bond acceptors (Lipinski definition) is 17. The smallest absolute Gasteiger partial charge is 0.407 e. The van der Waals surface area contributed by atoms with Crippen LogP contribution in [0.3, 0.4) is 0 Å². The summed E-state index contributed by atoms with van der Waals surface area (Å²) in [6, 6.07) is 15.2. The number of nitrogens with two attached hydrogens (primary N) is 3. The third kappa shape index (κ3) is 19.5. The lowest BCUT2D eigenvalue weighted by Crippen LogP contribution is -2.49. The van der Waals surface area contributed by atoms with E-state index < -0.39 is 60.6 Å². The number of nitrogen functional groups attached to an aromatic ring is 2. The first-order chi connectivity index (χ1) is 32.2. The quantitative estimate of drug-likeness (QED) is 0.0223. The van der Waals surface area contributed by atoms with Crippen LogP contribution in [0.4, 0.5) is 16.4 Å². The monoisotopic (exact) mass is 972 g/mol. The Hall–Kier alpha value is -5.68. The number of aromatic nitrogens is 2. The Morgan fingerprint density at radius 3 is 2.04 bits per heavy atom. The number of anilines is 2. The number of carbonyl (C=O) groups excluding carboxylic acids is 4. The summed E-state index contributed by atoms with van der Waals surface area (Å²) in [5.74, 6) is -1.93. The molecule has 2 aromatic carbocycles. The minimum absolute atomic E-state index is 0.0914. The normalized spacial score (nSPS) is 14.0. The maximum Gasteiger partial charge on any atom is 0.407 e. The third-order valence-corrected chi connectivity index (χ3v) is 10.8. The Morgan fingerprint density at radius 1 is 0.824 bits per heavy atom. The molecule has 0 aliphatic heterocycles. The first kappa shape index (κ1) is 56.6. The van der Waals surface area contributed by atoms with Gasteiger partial charge in [-0.05, 0) is 101 Å². The number of hydrogen-bond donors (Lipinski definition) is 11. The molecule has 0 saturated carbocycles. The molecule has 0 aliphatic rings. The molecule has 5 atom stereocenters. The maximum absolute atomic E-state index is 13.9. The molecule has 22 heteroatoms. The molecule has 0 bridgehead atoms. The van der Waals surface area contributed by atoms with Crippen LogP contribution in [-0.4, -0.2) is 153 Å². The van der Waals surface area contributed by atoms with E-state index >= 15 is 0 Å². The van der Waals surface area contributed by atoms with Gasteiger partial charge in [0, 0.05) is 32.6 Å². The number of carbonyl (C=O) groups is 4. The van der Waals surface area contributed by atoms with Crippen LogP contribution in [0, 0.1) is 0 Å². The molecule has 3 rings (SSSR count). The lowest BCUT2D eigenvalue weighted by atomic mass is 9.99. The van der Waals surface area contributed by atoms with Gasteiger partial charge in [0.1, 0.15) is 30.0 Å². The number of benzene rings is 2. The summed E-state index contributed by atoms with van der Waals surface area (Å²) in [4.78, 5) is 65.0. The van der Waals surface area contributed by atoms with E-state index in [2.05, 4.69) is 43.0 Å². The molecule has 1 aromatic heterocycles. The molecule has 0 unspecified atom stereocenters. The van der Waals surface area contributed by atoms with Crippen molar-refractivity contribution in [3.63, 3.8) is 0 Å². The zero-order valence-corrected chi connectivity index (χ0v) is 40.0. The predicted molar refractivity (Wildman–Crippen MR) is 257 cm³/mol. The van der Waals surface area contributed by atoms with E-state index in [0.717, 1.165) is 41.5 Å². The minimum Gasteiger partial charge on any atom is -0.467 e. The van der Waals surface area contributed by atoms with Gasteiger partial charge in [-0.25, -0.2) is 19.6 Å². The SMILES string of the molecule is COC(=O)[C@H](CCCCNC(=O)OC(C)(C)C)N(CCCNC[C@H](O)[C@@H](O)[C@H](O)[C@H](O)CO)C(=O)CCc1ccc(-c2ccc(CCCCN=C(N)NC(=O)c3nc(Cl)c(N)nc3N)cc2)cc1. The van der Waals surface area contributed by atoms with Crippen molar-refractivity contribution in [1.29, 1.82) is 0 Å². The van der Waals surface area contributed by atoms with Gasteiger partial charge in [-0.3, -0.25) is 19.9 Å². The summed E-state index contributed by atoms with van der Waals surface area (Å²) in [5, 5.41) is 56.9. The largest absolute Gasteiger partial charge is 0.467 e. The van der Waals surface area contributed by atoms with Gasteiger partial charge >= 0.3 is 12.1 Å². The molecular weight excluding hydrogens is 904 g/mol. The molecule has 68 heavy (non-hydrogen) atoms. The number of aliphatic hydroxyl groups excluding tert-OH is 5. The van der Waals surface area contributed by atoms with Crippen LogP contribution in [0.25, 0.3) is 11.1 Å². The fraction of sp³-hybridized carbons (Fsp3) is 0.543. The Labute approximate surface area is 401 Å². The molecule has 0 radical (unpaired) electrons. The van der Waals surface area contributed by atoms with Gasteiger partial charge in [0.2, 0.25) is 5.91 Å². The highest BCUT2D eigenvalue weighted by Crippen LogP contribution is 2.23. The van der Waals surface area contributed by atoms with E-state index in [1.807, 2.05) is 36.4 Å². The van der Waals surface area contributed by atoms with Crippen molar-refractivity contribution >= 4 is 53.1 Å². The number of nitrogens with one attached hydrogen (secondary N) is 3. The van der Waals surface area contributed by atoms with Gasteiger partial charge in [0.05, 0.1) is 19.8 Å². The van der Waals surface area contributed by atoms with Crippen molar-refractivity contribution in [2.24, 2.45) is 10.7 Å². The van der Waals surface area contributed by atoms with Gasteiger partial charge < -0.3 is 67.7 Å². The number of rotatable bonds is 27. The summed E-state index contributed by atoms with van der Waals surface area (Å²) in [6.45, 7) is 5.42. The summed E-state index contributed by atoms with van der Waals surface area (Å²) in [5.41, 5.74) is 20.3. The number of aryl methyl sites for hydroxylation is 2. The molecule has 3 aromatic rings. The van der Waals surface area contributed by atoms with Gasteiger partial charge in [-0.15, -0.1) is 0 Å². The summed E-state index contributed by atoms with van der Waals surface area (Å²) in [6.07, 6.45) is -2.68. The third-order valence-electron chi connectivity index (χ3n) is 10.6. The second-order valence-corrected chi connectivity index (χ2v) is 17.5. The number of unbranched alkanes of at least 4 members (excludes halogenated alkanes) is 2. The average molecular weight is 974 g/mol. The van der Waals surface area contributed by atoms with Gasteiger partial charge in [-0.1, -0.05) is 60.1 Å². The van der Waals surface area contributed by atoms with Crippen molar-refractivity contribution in [2.45, 2.75) is 115 Å². The fourth-order valence-corrected chi connectivity index (χ4v) is 6.98. The van der Waals surface area contributed by atoms with E-state index in [4.69, 9.17) is 43.4 Å². The maximum atomic E-state index is 13.9. The first-order valence-corrected chi connectivity index (χ1v) is 22.9. The van der Waals surface area contributed by atoms with Crippen LogP contribution in [-0.2, 0) is 31.9 Å². The Morgan fingerprint density at radius 2 is 1.44 bits per heavy atom. The van der Waals surface area contributed by atoms with Crippen molar-refractivity contribution < 1.29 is 54.2 Å². The number of ether oxygens (including phenoxy) is 2. The van der Waals surface area contributed by atoms with Crippen LogP contribution in [0.1, 0.15) is 87.3 Å². The van der Waals surface area contributed by atoms with Crippen LogP contribution in [0.2, 0.25) is 5.15 Å². The summed E-state index contributed by atoms with van der Waals surface area (Å²) < 4.78 is 10.4. The Balaban J connectivity index is 1.56. The fourth-order valence-electron chi connectivity index (χ4n) is 6.85. The molecule has 3 amide bonds. The van der Waals surface area contributed by atoms with Crippen molar-refractivity contribution in [3.05, 3.63) is 70.5 Å². The highest BCUT2D eigenvalue weighted by Gasteiger charge is 2.31. The van der Waals surface area contributed by atoms with Gasteiger partial charge in [-0.2, -0.15) is 0 Å². The van der Waals surface area contributed by atoms with Crippen LogP contribution in [0.15, 0.2) is 53.5 Å². The topological polar surface area (TPSA) is 343 Å². The van der Waals surface area contributed by atoms with Crippen molar-refractivity contribution in [2.75, 3.05) is 57.9 Å². The van der Waals surface area contributed by atoms with E-state index in [0.29, 0.717) is 38.8 Å². The molecule has 0 saturated heterocycles. The second kappa shape index (κ2) is 28.6. The second-order valence-electron chi connectivity index (χ2n) is 17.1. The van der Waals surface area contributed by atoms with Gasteiger partial charge in [0.25, 0.3) is 5.91 Å². The van der Waals surface area contributed by atoms with E-state index in [1.165, 1.54) is 12.0 Å². The Kier molecular flexibility index (Phi) is 23.8. The lowest BCUT2D eigenvalue weighted by molar-refractivity contribution is -0.153. The van der Waals surface area contributed by atoms with Crippen LogP contribution >= 0.6 is 11.6 Å². The lowest BCUT2D eigenvalue weighted by Gasteiger charge is -2.30. The first-order valence-electron chi connectivity index (χ1n) is 22.5. The molecular formula is C46H69ClN10O11.